The Kier molecular flexibility index (Phi) is 5.15. The van der Waals surface area contributed by atoms with Gasteiger partial charge in [0.2, 0.25) is 0 Å². The Balaban J connectivity index is 0. The average molecular weight is 224 g/mol. The second kappa shape index (κ2) is 6.40. The Morgan fingerprint density at radius 2 is 2.00 bits per heavy atom. The van der Waals surface area contributed by atoms with Gasteiger partial charge in [-0.3, -0.25) is 15.6 Å². The van der Waals surface area contributed by atoms with E-state index >= 15 is 0 Å². The topological polar surface area (TPSA) is 41.1 Å². The van der Waals surface area contributed by atoms with E-state index in [-0.39, 0.29) is 14.6 Å². The van der Waals surface area contributed by atoms with Crippen LogP contribution in [0, 0.1) is 5.92 Å². The number of ketones is 1. The smallest absolute Gasteiger partial charge is 0.165 e. The van der Waals surface area contributed by atoms with Crippen molar-refractivity contribution in [3.63, 3.8) is 0 Å². The van der Waals surface area contributed by atoms with Gasteiger partial charge in [-0.15, -0.1) is 0 Å². The normalized spacial score (nSPS) is 12.4. The van der Waals surface area contributed by atoms with Crippen LogP contribution in [0.4, 0.5) is 0 Å². The molecule has 0 aliphatic carbocycles. The first kappa shape index (κ1) is 12.9. The van der Waals surface area contributed by atoms with E-state index in [9.17, 15) is 4.79 Å². The first-order valence-electron chi connectivity index (χ1n) is 5.71. The summed E-state index contributed by atoms with van der Waals surface area (Å²) in [6.45, 7) is 4.76. The van der Waals surface area contributed by atoms with Crippen LogP contribution in [0.15, 0.2) is 24.3 Å². The highest BCUT2D eigenvalue weighted by molar-refractivity contribution is 5.97. The molecule has 1 aromatic carbocycles. The van der Waals surface area contributed by atoms with Gasteiger partial charge in [0.25, 0.3) is 0 Å². The summed E-state index contributed by atoms with van der Waals surface area (Å²) in [5.74, 6) is 0.344. The molecule has 1 aromatic rings. The summed E-state index contributed by atoms with van der Waals surface area (Å²) in [6, 6.07) is 7.78. The average Bonchev–Trinajstić information content (AvgIpc) is 2.35. The minimum Gasteiger partial charge on any atom is -0.294 e. The van der Waals surface area contributed by atoms with Crippen molar-refractivity contribution < 1.29 is 7.65 Å². The number of carbonyl (C=O) groups excluding carboxylic acids is 1. The number of Topliss-reactive ketones (excluding diaryl/α,β-unsaturated/α-hetero) is 1. The molecule has 0 spiro atoms. The largest absolute Gasteiger partial charge is 0.294 e. The number of hydrogen-bond acceptors (Lipinski definition) is 3. The van der Waals surface area contributed by atoms with Crippen LogP contribution < -0.4 is 10.9 Å². The molecular formula is C13H24N2O. The van der Waals surface area contributed by atoms with E-state index in [4.69, 9.17) is 0 Å². The molecule has 0 saturated carbocycles. The molecule has 1 atom stereocenters. The number of carbonyl (C=O) groups is 1. The zero-order valence-corrected chi connectivity index (χ0v) is 10.2. The van der Waals surface area contributed by atoms with Crippen LogP contribution in [0.5, 0.6) is 0 Å². The standard InChI is InChI=1S/C13H20N2O.2H2/c1-4-10(2)13(16)12-7-5-11(6-8-12)9-15-14-3;;/h5-8,10,14-15H,4,9H2,1-3H3;2*1H. The molecule has 1 rings (SSSR count). The predicted molar refractivity (Wildman–Crippen MR) is 70.4 cm³/mol. The summed E-state index contributed by atoms with van der Waals surface area (Å²) >= 11 is 0. The van der Waals surface area contributed by atoms with Crippen LogP contribution >= 0.6 is 0 Å². The molecule has 0 radical (unpaired) electrons. The summed E-state index contributed by atoms with van der Waals surface area (Å²) in [4.78, 5) is 11.9. The van der Waals surface area contributed by atoms with Crippen molar-refractivity contribution in [2.75, 3.05) is 7.05 Å². The van der Waals surface area contributed by atoms with Crippen molar-refractivity contribution in [1.29, 1.82) is 0 Å². The van der Waals surface area contributed by atoms with E-state index in [1.165, 1.54) is 0 Å². The van der Waals surface area contributed by atoms with E-state index in [0.29, 0.717) is 0 Å². The predicted octanol–water partition coefficient (Wildman–Crippen LogP) is 2.63. The van der Waals surface area contributed by atoms with Crippen molar-refractivity contribution >= 4 is 5.78 Å². The van der Waals surface area contributed by atoms with Crippen molar-refractivity contribution in [1.82, 2.24) is 10.9 Å². The second-order valence-corrected chi connectivity index (χ2v) is 3.97. The third kappa shape index (κ3) is 3.43. The van der Waals surface area contributed by atoms with E-state index < -0.39 is 0 Å². The number of nitrogens with one attached hydrogen (secondary N) is 2. The van der Waals surface area contributed by atoms with E-state index in [1.807, 2.05) is 45.2 Å². The summed E-state index contributed by atoms with van der Waals surface area (Å²) in [6.07, 6.45) is 0.891. The minimum absolute atomic E-state index is 0. The van der Waals surface area contributed by atoms with Gasteiger partial charge in [0.1, 0.15) is 0 Å². The number of benzene rings is 1. The van der Waals surface area contributed by atoms with E-state index in [1.54, 1.807) is 0 Å². The Bertz CT molecular complexity index is 341. The number of hydrazine groups is 1. The lowest BCUT2D eigenvalue weighted by Crippen LogP contribution is -2.26. The SMILES string of the molecule is CCC(C)C(=O)c1ccc(CNNC)cc1.[HH].[HH]. The zero-order chi connectivity index (χ0) is 12.0. The number of hydrogen-bond donors (Lipinski definition) is 2. The molecule has 92 valence electrons. The van der Waals surface area contributed by atoms with Crippen LogP contribution in [0.2, 0.25) is 0 Å². The molecule has 0 aromatic heterocycles. The van der Waals surface area contributed by atoms with Gasteiger partial charge < -0.3 is 0 Å². The Labute approximate surface area is 100 Å². The van der Waals surface area contributed by atoms with Crippen LogP contribution in [-0.4, -0.2) is 12.8 Å². The fourth-order valence-electron chi connectivity index (χ4n) is 1.45. The van der Waals surface area contributed by atoms with E-state index in [0.717, 1.165) is 24.1 Å². The van der Waals surface area contributed by atoms with Crippen molar-refractivity contribution in [2.24, 2.45) is 5.92 Å². The van der Waals surface area contributed by atoms with Crippen molar-refractivity contribution in [2.45, 2.75) is 26.8 Å². The molecule has 0 aliphatic heterocycles. The van der Waals surface area contributed by atoms with Gasteiger partial charge in [-0.2, -0.15) is 0 Å². The highest BCUT2D eigenvalue weighted by Gasteiger charge is 2.12. The highest BCUT2D eigenvalue weighted by Crippen LogP contribution is 2.12. The Morgan fingerprint density at radius 1 is 1.38 bits per heavy atom. The lowest BCUT2D eigenvalue weighted by molar-refractivity contribution is 0.0927. The van der Waals surface area contributed by atoms with Gasteiger partial charge >= 0.3 is 0 Å². The zero-order valence-electron chi connectivity index (χ0n) is 10.2. The molecule has 0 amide bonds. The molecule has 0 aliphatic rings. The monoisotopic (exact) mass is 224 g/mol. The molecule has 3 heteroatoms. The maximum atomic E-state index is 11.9. The fourth-order valence-corrected chi connectivity index (χ4v) is 1.45. The van der Waals surface area contributed by atoms with Crippen LogP contribution in [0.1, 0.15) is 39.0 Å². The van der Waals surface area contributed by atoms with Gasteiger partial charge in [-0.25, -0.2) is 0 Å². The quantitative estimate of drug-likeness (QED) is 0.576. The van der Waals surface area contributed by atoms with E-state index in [2.05, 4.69) is 10.9 Å². The van der Waals surface area contributed by atoms with Gasteiger partial charge in [0.15, 0.2) is 5.78 Å². The molecule has 0 saturated heterocycles. The molecule has 2 N–H and O–H groups in total. The molecule has 0 heterocycles. The molecule has 16 heavy (non-hydrogen) atoms. The first-order chi connectivity index (χ1) is 7.69. The third-order valence-electron chi connectivity index (χ3n) is 2.77. The summed E-state index contributed by atoms with van der Waals surface area (Å²) in [5, 5.41) is 0. The molecular weight excluding hydrogens is 200 g/mol. The Hall–Kier alpha value is -1.19. The van der Waals surface area contributed by atoms with Gasteiger partial charge in [0.05, 0.1) is 0 Å². The molecule has 3 nitrogen and oxygen atoms in total. The maximum absolute atomic E-state index is 11.9. The molecule has 0 bridgehead atoms. The highest BCUT2D eigenvalue weighted by atomic mass is 16.1. The molecule has 0 fully saturated rings. The minimum atomic E-state index is 0. The summed E-state index contributed by atoms with van der Waals surface area (Å²) in [7, 11) is 1.83. The van der Waals surface area contributed by atoms with Crippen molar-refractivity contribution in [3.8, 4) is 0 Å². The van der Waals surface area contributed by atoms with Crippen LogP contribution in [-0.2, 0) is 6.54 Å². The van der Waals surface area contributed by atoms with Gasteiger partial charge in [-0.05, 0) is 19.0 Å². The third-order valence-corrected chi connectivity index (χ3v) is 2.77. The van der Waals surface area contributed by atoms with Crippen LogP contribution in [0.3, 0.4) is 0 Å². The van der Waals surface area contributed by atoms with Crippen LogP contribution in [0.25, 0.3) is 0 Å². The number of rotatable bonds is 6. The lowest BCUT2D eigenvalue weighted by Gasteiger charge is -2.08. The lowest BCUT2D eigenvalue weighted by atomic mass is 9.96. The summed E-state index contributed by atoms with van der Waals surface area (Å²) < 4.78 is 0. The van der Waals surface area contributed by atoms with Gasteiger partial charge in [0, 0.05) is 20.9 Å². The maximum Gasteiger partial charge on any atom is 0.165 e. The van der Waals surface area contributed by atoms with Gasteiger partial charge in [-0.1, -0.05) is 38.1 Å². The summed E-state index contributed by atoms with van der Waals surface area (Å²) in [5.41, 5.74) is 7.85. The second-order valence-electron chi connectivity index (χ2n) is 3.97. The fraction of sp³-hybridized carbons (Fsp3) is 0.462. The Morgan fingerprint density at radius 3 is 2.50 bits per heavy atom. The first-order valence-corrected chi connectivity index (χ1v) is 5.71. The molecule has 1 unspecified atom stereocenters. The van der Waals surface area contributed by atoms with Crippen molar-refractivity contribution in [3.05, 3.63) is 35.4 Å².